The molecule has 0 unspecified atom stereocenters. The average molecular weight is 232 g/mol. The minimum atomic E-state index is -0.01000. The van der Waals surface area contributed by atoms with Crippen molar-refractivity contribution in [2.45, 2.75) is 31.2 Å². The van der Waals surface area contributed by atoms with Gasteiger partial charge in [-0.3, -0.25) is 4.79 Å². The highest BCUT2D eigenvalue weighted by Crippen LogP contribution is 2.42. The Morgan fingerprint density at radius 3 is 2.76 bits per heavy atom. The molecule has 2 N–H and O–H groups in total. The van der Waals surface area contributed by atoms with Gasteiger partial charge in [0, 0.05) is 18.0 Å². The lowest BCUT2D eigenvalue weighted by atomic mass is 9.74. The Kier molecular flexibility index (Phi) is 2.24. The topological polar surface area (TPSA) is 50.4 Å². The van der Waals surface area contributed by atoms with E-state index in [9.17, 15) is 4.79 Å². The van der Waals surface area contributed by atoms with Crippen molar-refractivity contribution in [2.24, 2.45) is 0 Å². The normalized spacial score (nSPS) is 20.6. The van der Waals surface area contributed by atoms with Crippen LogP contribution in [0.5, 0.6) is 5.75 Å². The molecule has 0 bridgehead atoms. The van der Waals surface area contributed by atoms with Crippen LogP contribution in [0.1, 0.15) is 25.7 Å². The van der Waals surface area contributed by atoms with E-state index in [1.807, 2.05) is 18.2 Å². The number of rotatable bonds is 1. The van der Waals surface area contributed by atoms with Crippen LogP contribution in [0.3, 0.4) is 0 Å². The molecule has 1 aliphatic carbocycles. The van der Waals surface area contributed by atoms with Crippen LogP contribution in [0, 0.1) is 0 Å². The molecule has 1 fully saturated rings. The summed E-state index contributed by atoms with van der Waals surface area (Å²) in [6.45, 7) is 0. The number of nitrogens with one attached hydrogen (secondary N) is 2. The SMILES string of the molecule is COc1ccc2c(c1)NC(=O)CC1(CCC1)N2. The Bertz CT molecular complexity index is 466. The zero-order valence-corrected chi connectivity index (χ0v) is 9.88. The van der Waals surface area contributed by atoms with Crippen molar-refractivity contribution in [1.82, 2.24) is 0 Å². The number of hydrogen-bond donors (Lipinski definition) is 2. The summed E-state index contributed by atoms with van der Waals surface area (Å²) in [7, 11) is 1.63. The Morgan fingerprint density at radius 1 is 1.29 bits per heavy atom. The first-order valence-corrected chi connectivity index (χ1v) is 5.97. The van der Waals surface area contributed by atoms with Crippen molar-refractivity contribution in [3.63, 3.8) is 0 Å². The average Bonchev–Trinajstić information content (AvgIpc) is 2.42. The van der Waals surface area contributed by atoms with E-state index in [0.29, 0.717) is 6.42 Å². The monoisotopic (exact) mass is 232 g/mol. The molecular weight excluding hydrogens is 216 g/mol. The number of carbonyl (C=O) groups excluding carboxylic acids is 1. The van der Waals surface area contributed by atoms with Gasteiger partial charge in [-0.1, -0.05) is 0 Å². The molecule has 1 amide bonds. The molecule has 2 aliphatic rings. The number of carbonyl (C=O) groups is 1. The van der Waals surface area contributed by atoms with Crippen molar-refractivity contribution in [3.8, 4) is 5.75 Å². The third-order valence-corrected chi connectivity index (χ3v) is 3.71. The number of benzene rings is 1. The van der Waals surface area contributed by atoms with E-state index in [1.165, 1.54) is 6.42 Å². The number of fused-ring (bicyclic) bond motifs is 1. The van der Waals surface area contributed by atoms with E-state index in [-0.39, 0.29) is 11.4 Å². The Morgan fingerprint density at radius 2 is 2.12 bits per heavy atom. The van der Waals surface area contributed by atoms with E-state index in [0.717, 1.165) is 30.0 Å². The smallest absolute Gasteiger partial charge is 0.226 e. The second-order valence-corrected chi connectivity index (χ2v) is 4.90. The lowest BCUT2D eigenvalue weighted by molar-refractivity contribution is -0.117. The van der Waals surface area contributed by atoms with E-state index in [4.69, 9.17) is 4.74 Å². The molecule has 0 saturated heterocycles. The van der Waals surface area contributed by atoms with Crippen LogP contribution in [0.2, 0.25) is 0 Å². The van der Waals surface area contributed by atoms with Crippen LogP contribution in [-0.2, 0) is 4.79 Å². The number of ether oxygens (including phenoxy) is 1. The maximum absolute atomic E-state index is 11.9. The summed E-state index contributed by atoms with van der Waals surface area (Å²) in [5.74, 6) is 0.847. The summed E-state index contributed by atoms with van der Waals surface area (Å²) in [6, 6.07) is 5.74. The predicted octanol–water partition coefficient (Wildman–Crippen LogP) is 2.37. The first-order chi connectivity index (χ1) is 8.21. The lowest BCUT2D eigenvalue weighted by Crippen LogP contribution is -2.46. The first-order valence-electron chi connectivity index (χ1n) is 5.97. The van der Waals surface area contributed by atoms with Crippen molar-refractivity contribution < 1.29 is 9.53 Å². The van der Waals surface area contributed by atoms with Crippen molar-refractivity contribution in [3.05, 3.63) is 18.2 Å². The molecule has 1 aliphatic heterocycles. The molecule has 0 radical (unpaired) electrons. The molecule has 4 nitrogen and oxygen atoms in total. The van der Waals surface area contributed by atoms with Crippen molar-refractivity contribution >= 4 is 17.3 Å². The highest BCUT2D eigenvalue weighted by Gasteiger charge is 2.40. The highest BCUT2D eigenvalue weighted by atomic mass is 16.5. The van der Waals surface area contributed by atoms with E-state index in [1.54, 1.807) is 7.11 Å². The largest absolute Gasteiger partial charge is 0.497 e. The van der Waals surface area contributed by atoms with Gasteiger partial charge in [-0.05, 0) is 31.4 Å². The van der Waals surface area contributed by atoms with Crippen LogP contribution >= 0.6 is 0 Å². The van der Waals surface area contributed by atoms with Crippen LogP contribution < -0.4 is 15.4 Å². The molecule has 1 aromatic carbocycles. The molecule has 1 aromatic rings. The number of methoxy groups -OCH3 is 1. The molecule has 1 spiro atoms. The standard InChI is InChI=1S/C13H16N2O2/c1-17-9-3-4-10-11(7-9)14-12(16)8-13(15-10)5-2-6-13/h3-4,7,15H,2,5-6,8H2,1H3,(H,14,16). The zero-order chi connectivity index (χ0) is 11.9. The Labute approximate surface area is 100 Å². The molecule has 0 aromatic heterocycles. The number of hydrogen-bond acceptors (Lipinski definition) is 3. The first kappa shape index (κ1) is 10.4. The molecule has 1 saturated carbocycles. The zero-order valence-electron chi connectivity index (χ0n) is 9.88. The van der Waals surface area contributed by atoms with Crippen LogP contribution in [0.4, 0.5) is 11.4 Å². The second-order valence-electron chi connectivity index (χ2n) is 4.90. The van der Waals surface area contributed by atoms with E-state index in [2.05, 4.69) is 10.6 Å². The summed E-state index contributed by atoms with van der Waals surface area (Å²) >= 11 is 0. The summed E-state index contributed by atoms with van der Waals surface area (Å²) < 4.78 is 5.17. The van der Waals surface area contributed by atoms with E-state index < -0.39 is 0 Å². The van der Waals surface area contributed by atoms with Gasteiger partial charge in [-0.25, -0.2) is 0 Å². The van der Waals surface area contributed by atoms with Gasteiger partial charge in [-0.15, -0.1) is 0 Å². The quantitative estimate of drug-likeness (QED) is 0.781. The summed E-state index contributed by atoms with van der Waals surface area (Å²) in [5, 5.41) is 6.45. The van der Waals surface area contributed by atoms with Crippen molar-refractivity contribution in [1.29, 1.82) is 0 Å². The molecular formula is C13H16N2O2. The van der Waals surface area contributed by atoms with Crippen molar-refractivity contribution in [2.75, 3.05) is 17.7 Å². The molecule has 3 rings (SSSR count). The second kappa shape index (κ2) is 3.65. The maximum Gasteiger partial charge on any atom is 0.226 e. The summed E-state index contributed by atoms with van der Waals surface area (Å²) in [6.07, 6.45) is 3.91. The Hall–Kier alpha value is -1.71. The van der Waals surface area contributed by atoms with E-state index >= 15 is 0 Å². The van der Waals surface area contributed by atoms with Gasteiger partial charge in [0.1, 0.15) is 5.75 Å². The minimum absolute atomic E-state index is 0.01000. The summed E-state index contributed by atoms with van der Waals surface area (Å²) in [4.78, 5) is 11.9. The van der Waals surface area contributed by atoms with Gasteiger partial charge in [0.05, 0.1) is 18.5 Å². The highest BCUT2D eigenvalue weighted by molar-refractivity contribution is 5.97. The summed E-state index contributed by atoms with van der Waals surface area (Å²) in [5.41, 5.74) is 1.80. The number of anilines is 2. The molecule has 17 heavy (non-hydrogen) atoms. The number of amides is 1. The van der Waals surface area contributed by atoms with Gasteiger partial charge in [-0.2, -0.15) is 0 Å². The van der Waals surface area contributed by atoms with Gasteiger partial charge < -0.3 is 15.4 Å². The molecule has 1 heterocycles. The third kappa shape index (κ3) is 1.73. The van der Waals surface area contributed by atoms with Gasteiger partial charge in [0.2, 0.25) is 5.91 Å². The molecule has 4 heteroatoms. The lowest BCUT2D eigenvalue weighted by Gasteiger charge is -2.41. The predicted molar refractivity (Wildman–Crippen MR) is 66.4 cm³/mol. The van der Waals surface area contributed by atoms with Crippen LogP contribution in [0.25, 0.3) is 0 Å². The minimum Gasteiger partial charge on any atom is -0.497 e. The Balaban J connectivity index is 1.98. The van der Waals surface area contributed by atoms with Crippen LogP contribution in [-0.4, -0.2) is 18.6 Å². The van der Waals surface area contributed by atoms with Gasteiger partial charge in [0.25, 0.3) is 0 Å². The fraction of sp³-hybridized carbons (Fsp3) is 0.462. The third-order valence-electron chi connectivity index (χ3n) is 3.71. The van der Waals surface area contributed by atoms with Crippen LogP contribution in [0.15, 0.2) is 18.2 Å². The van der Waals surface area contributed by atoms with Gasteiger partial charge in [0.15, 0.2) is 0 Å². The fourth-order valence-corrected chi connectivity index (χ4v) is 2.60. The fourth-order valence-electron chi connectivity index (χ4n) is 2.60. The van der Waals surface area contributed by atoms with Gasteiger partial charge >= 0.3 is 0 Å². The molecule has 0 atom stereocenters. The maximum atomic E-state index is 11.9. The molecule has 90 valence electrons.